The maximum Gasteiger partial charge on any atom is 0.295 e. The van der Waals surface area contributed by atoms with Gasteiger partial charge >= 0.3 is 0 Å². The van der Waals surface area contributed by atoms with Crippen LogP contribution in [-0.2, 0) is 9.59 Å². The molecule has 9 nitrogen and oxygen atoms in total. The maximum atomic E-state index is 13.4. The number of hydrogen-bond acceptors (Lipinski definition) is 6. The monoisotopic (exact) mass is 467 g/mol. The number of ketones is 1. The third-order valence-electron chi connectivity index (χ3n) is 5.48. The smallest absolute Gasteiger partial charge is 0.295 e. The number of non-ortho nitro benzene ring substituents is 1. The minimum atomic E-state index is -0.997. The van der Waals surface area contributed by atoms with E-state index in [1.54, 1.807) is 30.3 Å². The Hall–Kier alpha value is -3.72. The summed E-state index contributed by atoms with van der Waals surface area (Å²) in [5.41, 5.74) is 0.210. The zero-order chi connectivity index (χ0) is 25.0. The fourth-order valence-electron chi connectivity index (χ4n) is 3.72. The molecular formula is C25H29N3O6. The van der Waals surface area contributed by atoms with Crippen molar-refractivity contribution < 1.29 is 29.3 Å². The van der Waals surface area contributed by atoms with Crippen LogP contribution < -0.4 is 14.7 Å². The molecule has 1 aliphatic rings. The maximum absolute atomic E-state index is 13.4. The summed E-state index contributed by atoms with van der Waals surface area (Å²) < 4.78 is 5.65. The van der Waals surface area contributed by atoms with E-state index in [0.29, 0.717) is 30.4 Å². The van der Waals surface area contributed by atoms with E-state index in [1.807, 2.05) is 27.9 Å². The summed E-state index contributed by atoms with van der Waals surface area (Å²) in [5, 5.41) is 24.8. The molecule has 180 valence electrons. The Balaban J connectivity index is 2.07. The average molecular weight is 468 g/mol. The number of ether oxygens (including phenoxy) is 1. The van der Waals surface area contributed by atoms with Gasteiger partial charge in [-0.15, -0.1) is 0 Å². The molecule has 34 heavy (non-hydrogen) atoms. The number of nitrogens with one attached hydrogen (secondary N) is 1. The molecule has 1 fully saturated rings. The third-order valence-corrected chi connectivity index (χ3v) is 5.48. The lowest BCUT2D eigenvalue weighted by molar-refractivity contribution is -0.857. The minimum absolute atomic E-state index is 0.180. The molecule has 1 atom stereocenters. The summed E-state index contributed by atoms with van der Waals surface area (Å²) in [6.07, 6.45) is 0. The Morgan fingerprint density at radius 1 is 1.15 bits per heavy atom. The van der Waals surface area contributed by atoms with E-state index in [0.717, 1.165) is 4.90 Å². The molecule has 2 aromatic rings. The summed E-state index contributed by atoms with van der Waals surface area (Å²) in [4.78, 5) is 39.1. The van der Waals surface area contributed by atoms with Gasteiger partial charge < -0.3 is 19.6 Å². The summed E-state index contributed by atoms with van der Waals surface area (Å²) >= 11 is 0. The predicted octanol–water partition coefficient (Wildman–Crippen LogP) is 0.998. The third kappa shape index (κ3) is 5.43. The fraction of sp³-hybridized carbons (Fsp3) is 0.360. The highest BCUT2D eigenvalue weighted by molar-refractivity contribution is 6.46. The Bertz CT molecular complexity index is 1110. The predicted molar refractivity (Wildman–Crippen MR) is 124 cm³/mol. The van der Waals surface area contributed by atoms with Crippen LogP contribution in [0.2, 0.25) is 0 Å². The number of carbonyl (C=O) groups is 2. The number of rotatable bonds is 9. The minimum Gasteiger partial charge on any atom is -0.872 e. The number of carbonyl (C=O) groups excluding carboxylic acids is 2. The number of quaternary nitrogens is 1. The Morgan fingerprint density at radius 3 is 2.41 bits per heavy atom. The largest absolute Gasteiger partial charge is 0.872 e. The normalized spacial score (nSPS) is 17.6. The van der Waals surface area contributed by atoms with Crippen molar-refractivity contribution in [3.63, 3.8) is 0 Å². The number of nitro groups is 1. The topological polar surface area (TPSA) is 117 Å². The van der Waals surface area contributed by atoms with Gasteiger partial charge in [-0.25, -0.2) is 0 Å². The number of hydrogen-bond donors (Lipinski definition) is 1. The van der Waals surface area contributed by atoms with Gasteiger partial charge in [-0.05, 0) is 29.2 Å². The van der Waals surface area contributed by atoms with Crippen molar-refractivity contribution in [3.05, 3.63) is 75.3 Å². The van der Waals surface area contributed by atoms with Crippen LogP contribution in [0.4, 0.5) is 5.69 Å². The van der Waals surface area contributed by atoms with Gasteiger partial charge in [0.15, 0.2) is 0 Å². The number of likely N-dealkylation sites (N-methyl/N-ethyl adjacent to an activating group) is 1. The first-order valence-electron chi connectivity index (χ1n) is 11.1. The Labute approximate surface area is 198 Å². The van der Waals surface area contributed by atoms with E-state index in [9.17, 15) is 24.8 Å². The number of Topliss-reactive ketones (excluding diaryl/α,β-unsaturated/α-hetero) is 1. The van der Waals surface area contributed by atoms with Gasteiger partial charge in [-0.2, -0.15) is 0 Å². The van der Waals surface area contributed by atoms with Crippen LogP contribution in [0.25, 0.3) is 5.76 Å². The van der Waals surface area contributed by atoms with Crippen molar-refractivity contribution in [2.75, 3.05) is 33.8 Å². The highest BCUT2D eigenvalue weighted by atomic mass is 16.6. The number of amides is 1. The molecule has 9 heteroatoms. The van der Waals surface area contributed by atoms with Crippen molar-refractivity contribution in [1.82, 2.24) is 4.90 Å². The van der Waals surface area contributed by atoms with Crippen LogP contribution in [-0.4, -0.2) is 55.3 Å². The molecule has 0 aliphatic carbocycles. The summed E-state index contributed by atoms with van der Waals surface area (Å²) in [7, 11) is 3.81. The molecule has 0 saturated carbocycles. The van der Waals surface area contributed by atoms with E-state index < -0.39 is 28.4 Å². The van der Waals surface area contributed by atoms with Crippen molar-refractivity contribution in [2.45, 2.75) is 19.9 Å². The Kier molecular flexibility index (Phi) is 7.68. The molecule has 1 amide bonds. The van der Waals surface area contributed by atoms with Crippen LogP contribution in [0.15, 0.2) is 54.1 Å². The molecule has 1 aliphatic heterocycles. The van der Waals surface area contributed by atoms with E-state index in [4.69, 9.17) is 4.74 Å². The van der Waals surface area contributed by atoms with Gasteiger partial charge in [0.25, 0.3) is 11.6 Å². The molecular weight excluding hydrogens is 438 g/mol. The van der Waals surface area contributed by atoms with E-state index >= 15 is 0 Å². The first-order chi connectivity index (χ1) is 16.1. The first kappa shape index (κ1) is 24.9. The zero-order valence-electron chi connectivity index (χ0n) is 19.7. The molecule has 2 aromatic carbocycles. The number of nitro benzene ring substituents is 1. The van der Waals surface area contributed by atoms with Gasteiger partial charge in [-0.3, -0.25) is 19.7 Å². The van der Waals surface area contributed by atoms with Gasteiger partial charge in [0.1, 0.15) is 5.75 Å². The van der Waals surface area contributed by atoms with E-state index in [-0.39, 0.29) is 23.4 Å². The number of likely N-dealkylation sites (tertiary alicyclic amines) is 1. The highest BCUT2D eigenvalue weighted by Gasteiger charge is 2.44. The van der Waals surface area contributed by atoms with Gasteiger partial charge in [0.2, 0.25) is 5.78 Å². The lowest BCUT2D eigenvalue weighted by Crippen LogP contribution is -3.06. The summed E-state index contributed by atoms with van der Waals surface area (Å²) in [5.74, 6) is -1.31. The van der Waals surface area contributed by atoms with Gasteiger partial charge in [-0.1, -0.05) is 43.9 Å². The van der Waals surface area contributed by atoms with Gasteiger partial charge in [0, 0.05) is 17.7 Å². The van der Waals surface area contributed by atoms with Crippen molar-refractivity contribution >= 4 is 23.1 Å². The lowest BCUT2D eigenvalue weighted by Gasteiger charge is -2.27. The molecule has 0 aromatic heterocycles. The molecule has 0 radical (unpaired) electrons. The molecule has 1 unspecified atom stereocenters. The second-order valence-electron chi connectivity index (χ2n) is 9.01. The van der Waals surface area contributed by atoms with E-state index in [1.165, 1.54) is 23.1 Å². The van der Waals surface area contributed by atoms with Crippen LogP contribution in [0.3, 0.4) is 0 Å². The van der Waals surface area contributed by atoms with E-state index in [2.05, 4.69) is 0 Å². The van der Waals surface area contributed by atoms with Crippen LogP contribution in [0.5, 0.6) is 5.75 Å². The lowest BCUT2D eigenvalue weighted by atomic mass is 9.95. The van der Waals surface area contributed by atoms with Gasteiger partial charge in [0.05, 0.1) is 44.8 Å². The van der Waals surface area contributed by atoms with Crippen molar-refractivity contribution in [2.24, 2.45) is 5.92 Å². The molecule has 1 heterocycles. The van der Waals surface area contributed by atoms with Crippen LogP contribution in [0.1, 0.15) is 31.0 Å². The second kappa shape index (κ2) is 10.5. The molecule has 1 saturated heterocycles. The number of nitrogens with zero attached hydrogens (tertiary/aromatic N) is 2. The van der Waals surface area contributed by atoms with Crippen LogP contribution in [0, 0.1) is 16.0 Å². The van der Waals surface area contributed by atoms with Crippen molar-refractivity contribution in [1.29, 1.82) is 0 Å². The standard InChI is InChI=1S/C25H29N3O6/c1-16(2)15-34-20-10-8-17(9-11-20)23(29)21-22(18-6-5-7-19(14-18)28(32)33)27(13-12-26(3)4)25(31)24(21)30/h5-11,14,16,22,29H,12-13,15H2,1-4H3/b23-21+. The van der Waals surface area contributed by atoms with Crippen molar-refractivity contribution in [3.8, 4) is 5.75 Å². The summed E-state index contributed by atoms with van der Waals surface area (Å²) in [6.45, 7) is 5.33. The average Bonchev–Trinajstić information content (AvgIpc) is 3.06. The SMILES string of the molecule is CC(C)COc1ccc(/C([O-])=C2\C(=O)C(=O)N(CC[NH+](C)C)C2c2cccc([N+](=O)[O-])c2)cc1. The molecule has 3 rings (SSSR count). The zero-order valence-corrected chi connectivity index (χ0v) is 19.7. The number of benzene rings is 2. The summed E-state index contributed by atoms with van der Waals surface area (Å²) in [6, 6.07) is 11.1. The quantitative estimate of drug-likeness (QED) is 0.193. The fourth-order valence-corrected chi connectivity index (χ4v) is 3.72. The molecule has 0 spiro atoms. The Morgan fingerprint density at radius 2 is 1.82 bits per heavy atom. The first-order valence-corrected chi connectivity index (χ1v) is 11.1. The molecule has 1 N–H and O–H groups in total. The van der Waals surface area contributed by atoms with Crippen LogP contribution >= 0.6 is 0 Å². The highest BCUT2D eigenvalue weighted by Crippen LogP contribution is 2.39. The molecule has 0 bridgehead atoms. The second-order valence-corrected chi connectivity index (χ2v) is 9.01.